The molecule has 1 aliphatic rings. The lowest BCUT2D eigenvalue weighted by Crippen LogP contribution is -2.43. The van der Waals surface area contributed by atoms with Crippen LogP contribution in [0.25, 0.3) is 0 Å². The molecular weight excluding hydrogens is 366 g/mol. The summed E-state index contributed by atoms with van der Waals surface area (Å²) in [6, 6.07) is 6.00. The molecule has 1 aromatic carbocycles. The quantitative estimate of drug-likeness (QED) is 0.712. The molecule has 1 heterocycles. The van der Waals surface area contributed by atoms with Gasteiger partial charge in [-0.2, -0.15) is 0 Å². The van der Waals surface area contributed by atoms with Crippen molar-refractivity contribution in [2.45, 2.75) is 37.5 Å². The van der Waals surface area contributed by atoms with Crippen molar-refractivity contribution in [3.63, 3.8) is 0 Å². The van der Waals surface area contributed by atoms with E-state index in [4.69, 9.17) is 0 Å². The van der Waals surface area contributed by atoms with Gasteiger partial charge in [-0.05, 0) is 43.5 Å². The van der Waals surface area contributed by atoms with Crippen molar-refractivity contribution < 1.29 is 18.0 Å². The van der Waals surface area contributed by atoms with Crippen LogP contribution < -0.4 is 5.32 Å². The molecule has 8 heteroatoms. The highest BCUT2D eigenvalue weighted by atomic mass is 32.2. The summed E-state index contributed by atoms with van der Waals surface area (Å²) in [7, 11) is -0.568. The molecule has 1 saturated heterocycles. The second kappa shape index (κ2) is 9.32. The molecule has 0 aliphatic carbocycles. The fourth-order valence-electron chi connectivity index (χ4n) is 3.04. The Morgan fingerprint density at radius 3 is 2.26 bits per heavy atom. The molecule has 150 valence electrons. The Morgan fingerprint density at radius 1 is 1.15 bits per heavy atom. The molecule has 7 nitrogen and oxygen atoms in total. The number of nitrogens with one attached hydrogen (secondary N) is 1. The first kappa shape index (κ1) is 21.4. The van der Waals surface area contributed by atoms with Crippen LogP contribution in [-0.2, 0) is 14.8 Å². The minimum absolute atomic E-state index is 0.0430. The number of carbonyl (C=O) groups excluding carboxylic acids is 2. The number of likely N-dealkylation sites (tertiary alicyclic amines) is 1. The van der Waals surface area contributed by atoms with Crippen molar-refractivity contribution in [1.82, 2.24) is 14.5 Å². The van der Waals surface area contributed by atoms with Gasteiger partial charge in [0.1, 0.15) is 0 Å². The highest BCUT2D eigenvalue weighted by Crippen LogP contribution is 2.20. The Morgan fingerprint density at radius 2 is 1.74 bits per heavy atom. The van der Waals surface area contributed by atoms with Crippen LogP contribution >= 0.6 is 0 Å². The van der Waals surface area contributed by atoms with Crippen molar-refractivity contribution in [3.8, 4) is 0 Å². The van der Waals surface area contributed by atoms with Gasteiger partial charge in [0.25, 0.3) is 5.91 Å². The van der Waals surface area contributed by atoms with Gasteiger partial charge >= 0.3 is 0 Å². The second-order valence-corrected chi connectivity index (χ2v) is 9.17. The summed E-state index contributed by atoms with van der Waals surface area (Å²) in [5.41, 5.74) is 0.457. The Bertz CT molecular complexity index is 752. The molecular formula is C19H29N3O4S. The smallest absolute Gasteiger partial charge is 0.253 e. The van der Waals surface area contributed by atoms with Crippen LogP contribution in [0.3, 0.4) is 0 Å². The summed E-state index contributed by atoms with van der Waals surface area (Å²) in [5, 5.41) is 2.96. The first-order valence-electron chi connectivity index (χ1n) is 9.37. The average molecular weight is 396 g/mol. The van der Waals surface area contributed by atoms with Crippen LogP contribution in [0.1, 0.15) is 43.0 Å². The number of amides is 2. The SMILES string of the molecule is CCCCNC(=O)C1CCN(C(=O)c2ccc(S(=O)(=O)N(C)C)cc2)CC1. The van der Waals surface area contributed by atoms with Gasteiger partial charge in [-0.1, -0.05) is 13.3 Å². The van der Waals surface area contributed by atoms with E-state index in [1.807, 2.05) is 0 Å². The molecule has 27 heavy (non-hydrogen) atoms. The number of hydrogen-bond donors (Lipinski definition) is 1. The van der Waals surface area contributed by atoms with Gasteiger partial charge in [-0.25, -0.2) is 12.7 Å². The zero-order valence-corrected chi connectivity index (χ0v) is 17.1. The Kier molecular flexibility index (Phi) is 7.38. The minimum atomic E-state index is -3.51. The van der Waals surface area contributed by atoms with Gasteiger partial charge in [0.2, 0.25) is 15.9 Å². The predicted molar refractivity (Wildman–Crippen MR) is 104 cm³/mol. The maximum atomic E-state index is 12.6. The molecule has 2 rings (SSSR count). The summed E-state index contributed by atoms with van der Waals surface area (Å²) >= 11 is 0. The first-order valence-corrected chi connectivity index (χ1v) is 10.8. The van der Waals surface area contributed by atoms with Crippen LogP contribution in [0.5, 0.6) is 0 Å². The standard InChI is InChI=1S/C19H29N3O4S/c1-4-5-12-20-18(23)15-10-13-22(14-11-15)19(24)16-6-8-17(9-7-16)27(25,26)21(2)3/h6-9,15H,4-5,10-14H2,1-3H3,(H,20,23). The molecule has 1 fully saturated rings. The molecule has 2 amide bonds. The van der Waals surface area contributed by atoms with Gasteiger partial charge in [-0.3, -0.25) is 9.59 Å². The monoisotopic (exact) mass is 395 g/mol. The van der Waals surface area contributed by atoms with Crippen LogP contribution in [0.2, 0.25) is 0 Å². The summed E-state index contributed by atoms with van der Waals surface area (Å²) < 4.78 is 25.3. The molecule has 0 saturated carbocycles. The van der Waals surface area contributed by atoms with Crippen LogP contribution in [0, 0.1) is 5.92 Å². The second-order valence-electron chi connectivity index (χ2n) is 7.02. The summed E-state index contributed by atoms with van der Waals surface area (Å²) in [5.74, 6) is -0.0963. The Labute approximate surface area is 161 Å². The van der Waals surface area contributed by atoms with E-state index in [1.165, 1.54) is 26.2 Å². The van der Waals surface area contributed by atoms with Gasteiger partial charge in [0, 0.05) is 45.2 Å². The minimum Gasteiger partial charge on any atom is -0.356 e. The van der Waals surface area contributed by atoms with Crippen molar-refractivity contribution in [2.75, 3.05) is 33.7 Å². The predicted octanol–water partition coefficient (Wildman–Crippen LogP) is 1.71. The highest BCUT2D eigenvalue weighted by Gasteiger charge is 2.28. The third-order valence-electron chi connectivity index (χ3n) is 4.86. The molecule has 0 unspecified atom stereocenters. The molecule has 0 aromatic heterocycles. The first-order chi connectivity index (χ1) is 12.8. The number of rotatable bonds is 7. The molecule has 0 radical (unpaired) electrons. The molecule has 0 bridgehead atoms. The maximum absolute atomic E-state index is 12.6. The van der Waals surface area contributed by atoms with Gasteiger partial charge in [0.15, 0.2) is 0 Å². The fraction of sp³-hybridized carbons (Fsp3) is 0.579. The van der Waals surface area contributed by atoms with E-state index in [2.05, 4.69) is 12.2 Å². The molecule has 0 spiro atoms. The third kappa shape index (κ3) is 5.29. The van der Waals surface area contributed by atoms with E-state index in [-0.39, 0.29) is 22.6 Å². The van der Waals surface area contributed by atoms with Gasteiger partial charge in [0.05, 0.1) is 4.90 Å². The summed E-state index contributed by atoms with van der Waals surface area (Å²) in [6.45, 7) is 3.85. The number of carbonyl (C=O) groups is 2. The Hall–Kier alpha value is -1.93. The zero-order chi connectivity index (χ0) is 20.0. The van der Waals surface area contributed by atoms with Crippen LogP contribution in [-0.4, -0.2) is 63.2 Å². The number of sulfonamides is 1. The third-order valence-corrected chi connectivity index (χ3v) is 6.69. The molecule has 1 N–H and O–H groups in total. The lowest BCUT2D eigenvalue weighted by Gasteiger charge is -2.31. The lowest BCUT2D eigenvalue weighted by atomic mass is 9.95. The number of nitrogens with zero attached hydrogens (tertiary/aromatic N) is 2. The van der Waals surface area contributed by atoms with Crippen molar-refractivity contribution >= 4 is 21.8 Å². The Balaban J connectivity index is 1.93. The molecule has 1 aliphatic heterocycles. The van der Waals surface area contributed by atoms with Crippen LogP contribution in [0.15, 0.2) is 29.2 Å². The van der Waals surface area contributed by atoms with E-state index in [0.717, 1.165) is 17.1 Å². The summed E-state index contributed by atoms with van der Waals surface area (Å²) in [6.07, 6.45) is 3.32. The molecule has 0 atom stereocenters. The van der Waals surface area contributed by atoms with E-state index in [0.29, 0.717) is 38.0 Å². The number of benzene rings is 1. The number of hydrogen-bond acceptors (Lipinski definition) is 4. The van der Waals surface area contributed by atoms with Crippen LogP contribution in [0.4, 0.5) is 0 Å². The highest BCUT2D eigenvalue weighted by molar-refractivity contribution is 7.89. The van der Waals surface area contributed by atoms with E-state index < -0.39 is 10.0 Å². The fourth-order valence-corrected chi connectivity index (χ4v) is 3.94. The largest absolute Gasteiger partial charge is 0.356 e. The van der Waals surface area contributed by atoms with E-state index in [1.54, 1.807) is 17.0 Å². The van der Waals surface area contributed by atoms with Crippen molar-refractivity contribution in [2.24, 2.45) is 5.92 Å². The average Bonchev–Trinajstić information content (AvgIpc) is 2.67. The number of piperidine rings is 1. The maximum Gasteiger partial charge on any atom is 0.253 e. The van der Waals surface area contributed by atoms with Gasteiger partial charge < -0.3 is 10.2 Å². The molecule has 1 aromatic rings. The van der Waals surface area contributed by atoms with E-state index >= 15 is 0 Å². The summed E-state index contributed by atoms with van der Waals surface area (Å²) in [4.78, 5) is 26.7. The van der Waals surface area contributed by atoms with Crippen molar-refractivity contribution in [3.05, 3.63) is 29.8 Å². The zero-order valence-electron chi connectivity index (χ0n) is 16.3. The van der Waals surface area contributed by atoms with Crippen molar-refractivity contribution in [1.29, 1.82) is 0 Å². The van der Waals surface area contributed by atoms with Gasteiger partial charge in [-0.15, -0.1) is 0 Å². The van der Waals surface area contributed by atoms with E-state index in [9.17, 15) is 18.0 Å². The lowest BCUT2D eigenvalue weighted by molar-refractivity contribution is -0.126. The normalized spacial score (nSPS) is 15.8. The number of unbranched alkanes of at least 4 members (excludes halogenated alkanes) is 1. The topological polar surface area (TPSA) is 86.8 Å².